The van der Waals surface area contributed by atoms with Crippen LogP contribution in [-0.4, -0.2) is 33.3 Å². The summed E-state index contributed by atoms with van der Waals surface area (Å²) in [6.07, 6.45) is 6.79. The van der Waals surface area contributed by atoms with Gasteiger partial charge in [-0.3, -0.25) is 4.79 Å². The SMILES string of the molecule is CC(=O)OC(Cn1c(CNC(=O)OC(C)(C)C)nc2ccccc21)C12CC3CC(CC(C3)C1)C2. The van der Waals surface area contributed by atoms with Gasteiger partial charge in [-0.05, 0) is 89.2 Å². The van der Waals surface area contributed by atoms with Gasteiger partial charge < -0.3 is 19.4 Å². The van der Waals surface area contributed by atoms with Crippen molar-refractivity contribution in [3.8, 4) is 0 Å². The summed E-state index contributed by atoms with van der Waals surface area (Å²) in [6.45, 7) is 7.85. The predicted octanol–water partition coefficient (Wildman–Crippen LogP) is 5.21. The number of imidazole rings is 1. The third kappa shape index (κ3) is 4.66. The molecule has 1 unspecified atom stereocenters. The summed E-state index contributed by atoms with van der Waals surface area (Å²) in [5.74, 6) is 2.80. The highest BCUT2D eigenvalue weighted by Gasteiger charge is 2.55. The van der Waals surface area contributed by atoms with Gasteiger partial charge in [0.2, 0.25) is 0 Å². The van der Waals surface area contributed by atoms with E-state index in [0.717, 1.165) is 53.9 Å². The third-order valence-electron chi connectivity index (χ3n) is 7.95. The summed E-state index contributed by atoms with van der Waals surface area (Å²) in [7, 11) is 0. The van der Waals surface area contributed by atoms with E-state index in [1.54, 1.807) is 0 Å². The first-order valence-corrected chi connectivity index (χ1v) is 12.7. The largest absolute Gasteiger partial charge is 0.460 e. The van der Waals surface area contributed by atoms with Gasteiger partial charge in [-0.2, -0.15) is 0 Å². The van der Waals surface area contributed by atoms with Crippen molar-refractivity contribution in [2.45, 2.75) is 91.0 Å². The molecule has 0 aliphatic heterocycles. The standard InChI is InChI=1S/C27H37N3O4/c1-17(31)33-23(27-12-18-9-19(13-27)11-20(10-18)14-27)16-30-22-8-6-5-7-21(22)29-24(30)15-28-25(32)34-26(2,3)4/h5-8,18-20,23H,9-16H2,1-4H3,(H,28,32). The molecule has 4 aliphatic carbocycles. The van der Waals surface area contributed by atoms with Crippen molar-refractivity contribution < 1.29 is 19.1 Å². The molecule has 184 valence electrons. The van der Waals surface area contributed by atoms with E-state index in [1.165, 1.54) is 26.2 Å². The van der Waals surface area contributed by atoms with Crippen LogP contribution in [0.25, 0.3) is 11.0 Å². The normalized spacial score (nSPS) is 28.6. The van der Waals surface area contributed by atoms with Crippen molar-refractivity contribution in [3.05, 3.63) is 30.1 Å². The molecule has 34 heavy (non-hydrogen) atoms. The summed E-state index contributed by atoms with van der Waals surface area (Å²) in [5.41, 5.74) is 1.34. The molecule has 1 heterocycles. The van der Waals surface area contributed by atoms with Gasteiger partial charge in [-0.1, -0.05) is 12.1 Å². The highest BCUT2D eigenvalue weighted by molar-refractivity contribution is 5.76. The van der Waals surface area contributed by atoms with Crippen LogP contribution in [0.5, 0.6) is 0 Å². The highest BCUT2D eigenvalue weighted by Crippen LogP contribution is 2.62. The maximum atomic E-state index is 12.3. The summed E-state index contributed by atoms with van der Waals surface area (Å²) in [5, 5.41) is 2.85. The number of alkyl carbamates (subject to hydrolysis) is 1. The third-order valence-corrected chi connectivity index (χ3v) is 7.95. The van der Waals surface area contributed by atoms with Crippen LogP contribution in [0.15, 0.2) is 24.3 Å². The Morgan fingerprint density at radius 3 is 2.32 bits per heavy atom. The Kier molecular flexibility index (Phi) is 5.85. The number of hydrogen-bond acceptors (Lipinski definition) is 5. The molecule has 0 spiro atoms. The number of esters is 1. The average Bonchev–Trinajstić information content (AvgIpc) is 3.07. The molecule has 4 bridgehead atoms. The van der Waals surface area contributed by atoms with E-state index in [-0.39, 0.29) is 24.0 Å². The van der Waals surface area contributed by atoms with Crippen molar-refractivity contribution >= 4 is 23.1 Å². The van der Waals surface area contributed by atoms with Crippen molar-refractivity contribution in [3.63, 3.8) is 0 Å². The van der Waals surface area contributed by atoms with Crippen LogP contribution in [0.2, 0.25) is 0 Å². The molecule has 7 heteroatoms. The number of ether oxygens (including phenoxy) is 2. The highest BCUT2D eigenvalue weighted by atomic mass is 16.6. The Bertz CT molecular complexity index is 1050. The number of hydrogen-bond donors (Lipinski definition) is 1. The van der Waals surface area contributed by atoms with Crippen molar-refractivity contribution in [1.82, 2.24) is 14.9 Å². The molecule has 1 amide bonds. The molecule has 1 aromatic heterocycles. The Morgan fingerprint density at radius 1 is 1.12 bits per heavy atom. The lowest BCUT2D eigenvalue weighted by molar-refractivity contribution is -0.173. The van der Waals surface area contributed by atoms with Crippen molar-refractivity contribution in [2.75, 3.05) is 0 Å². The van der Waals surface area contributed by atoms with E-state index in [2.05, 4.69) is 9.88 Å². The zero-order valence-electron chi connectivity index (χ0n) is 20.8. The van der Waals surface area contributed by atoms with E-state index in [1.807, 2.05) is 45.0 Å². The van der Waals surface area contributed by atoms with Gasteiger partial charge in [0.25, 0.3) is 0 Å². The first-order valence-electron chi connectivity index (χ1n) is 12.7. The number of carbonyl (C=O) groups excluding carboxylic acids is 2. The molecule has 1 N–H and O–H groups in total. The molecule has 4 aliphatic rings. The van der Waals surface area contributed by atoms with E-state index < -0.39 is 11.7 Å². The van der Waals surface area contributed by atoms with Gasteiger partial charge in [0, 0.05) is 12.3 Å². The lowest BCUT2D eigenvalue weighted by atomic mass is 9.48. The van der Waals surface area contributed by atoms with Gasteiger partial charge in [-0.15, -0.1) is 0 Å². The zero-order chi connectivity index (χ0) is 24.1. The Balaban J connectivity index is 1.44. The van der Waals surface area contributed by atoms with Gasteiger partial charge in [0.15, 0.2) is 0 Å². The predicted molar refractivity (Wildman–Crippen MR) is 129 cm³/mol. The van der Waals surface area contributed by atoms with Crippen LogP contribution in [0, 0.1) is 23.2 Å². The van der Waals surface area contributed by atoms with Crippen molar-refractivity contribution in [2.24, 2.45) is 23.2 Å². The first kappa shape index (κ1) is 23.2. The molecule has 7 nitrogen and oxygen atoms in total. The number of carbonyl (C=O) groups is 2. The number of fused-ring (bicyclic) bond motifs is 1. The summed E-state index contributed by atoms with van der Waals surface area (Å²) in [4.78, 5) is 29.4. The number of benzene rings is 1. The first-order chi connectivity index (χ1) is 16.1. The molecule has 6 rings (SSSR count). The molecule has 2 aromatic rings. The molecular formula is C27H37N3O4. The molecule has 0 saturated heterocycles. The van der Waals surface area contributed by atoms with Crippen LogP contribution in [0.3, 0.4) is 0 Å². The molecule has 1 aromatic carbocycles. The van der Waals surface area contributed by atoms with E-state index in [4.69, 9.17) is 14.5 Å². The number of aromatic nitrogens is 2. The monoisotopic (exact) mass is 467 g/mol. The topological polar surface area (TPSA) is 82.5 Å². The smallest absolute Gasteiger partial charge is 0.408 e. The molecular weight excluding hydrogens is 430 g/mol. The summed E-state index contributed by atoms with van der Waals surface area (Å²) < 4.78 is 13.7. The van der Waals surface area contributed by atoms with Crippen LogP contribution in [0.4, 0.5) is 4.79 Å². The van der Waals surface area contributed by atoms with Gasteiger partial charge in [-0.25, -0.2) is 9.78 Å². The Labute approximate surface area is 201 Å². The van der Waals surface area contributed by atoms with Crippen LogP contribution in [0.1, 0.15) is 72.0 Å². The number of rotatable bonds is 6. The van der Waals surface area contributed by atoms with Crippen LogP contribution >= 0.6 is 0 Å². The Hall–Kier alpha value is -2.57. The quantitative estimate of drug-likeness (QED) is 0.590. The second-order valence-electron chi connectivity index (χ2n) is 11.9. The molecule has 1 atom stereocenters. The van der Waals surface area contributed by atoms with Gasteiger partial charge >= 0.3 is 12.1 Å². The minimum absolute atomic E-state index is 0.0433. The number of amides is 1. The Morgan fingerprint density at radius 2 is 1.74 bits per heavy atom. The maximum Gasteiger partial charge on any atom is 0.408 e. The minimum Gasteiger partial charge on any atom is -0.460 e. The molecule has 4 saturated carbocycles. The van der Waals surface area contributed by atoms with Gasteiger partial charge in [0.1, 0.15) is 17.5 Å². The number of para-hydroxylation sites is 2. The fraction of sp³-hybridized carbons (Fsp3) is 0.667. The number of nitrogens with zero attached hydrogens (tertiary/aromatic N) is 2. The molecule has 4 fully saturated rings. The fourth-order valence-corrected chi connectivity index (χ4v) is 7.22. The lowest BCUT2D eigenvalue weighted by Gasteiger charge is -2.58. The van der Waals surface area contributed by atoms with Crippen LogP contribution < -0.4 is 5.32 Å². The summed E-state index contributed by atoms with van der Waals surface area (Å²) in [6, 6.07) is 7.99. The maximum absolute atomic E-state index is 12.3. The zero-order valence-corrected chi connectivity index (χ0v) is 20.8. The molecule has 0 radical (unpaired) electrons. The minimum atomic E-state index is -0.566. The van der Waals surface area contributed by atoms with Crippen LogP contribution in [-0.2, 0) is 27.4 Å². The fourth-order valence-electron chi connectivity index (χ4n) is 7.22. The second-order valence-corrected chi connectivity index (χ2v) is 11.9. The summed E-state index contributed by atoms with van der Waals surface area (Å²) >= 11 is 0. The van der Waals surface area contributed by atoms with E-state index in [9.17, 15) is 9.59 Å². The number of nitrogens with one attached hydrogen (secondary N) is 1. The lowest BCUT2D eigenvalue weighted by Crippen LogP contribution is -2.54. The second kappa shape index (κ2) is 8.58. The van der Waals surface area contributed by atoms with Gasteiger partial charge in [0.05, 0.1) is 24.1 Å². The average molecular weight is 468 g/mol. The van der Waals surface area contributed by atoms with E-state index in [0.29, 0.717) is 6.54 Å². The van der Waals surface area contributed by atoms with Crippen molar-refractivity contribution in [1.29, 1.82) is 0 Å². The van der Waals surface area contributed by atoms with E-state index >= 15 is 0 Å².